The molecule has 0 saturated heterocycles. The van der Waals surface area contributed by atoms with Gasteiger partial charge in [0.2, 0.25) is 0 Å². The summed E-state index contributed by atoms with van der Waals surface area (Å²) >= 11 is 6.26. The second-order valence-electron chi connectivity index (χ2n) is 7.13. The fourth-order valence-corrected chi connectivity index (χ4v) is 3.63. The number of ether oxygens (including phenoxy) is 1. The van der Waals surface area contributed by atoms with E-state index in [9.17, 15) is 22.8 Å². The van der Waals surface area contributed by atoms with Crippen LogP contribution >= 0.6 is 11.6 Å². The Hall–Kier alpha value is -2.48. The Balaban J connectivity index is 1.91. The summed E-state index contributed by atoms with van der Waals surface area (Å²) in [5.74, 6) is -0.643. The van der Waals surface area contributed by atoms with E-state index < -0.39 is 18.2 Å². The van der Waals surface area contributed by atoms with Crippen LogP contribution in [0.15, 0.2) is 23.0 Å². The fraction of sp³-hybridized carbons (Fsp3) is 0.400. The molecule has 0 saturated carbocycles. The predicted octanol–water partition coefficient (Wildman–Crippen LogP) is 4.17. The Morgan fingerprint density at radius 2 is 1.97 bits per heavy atom. The molecule has 1 aromatic carbocycles. The average Bonchev–Trinajstić information content (AvgIpc) is 2.61. The number of aromatic nitrogens is 1. The molecule has 1 aliphatic rings. The molecule has 1 amide bonds. The molecule has 5 nitrogen and oxygen atoms in total. The van der Waals surface area contributed by atoms with Crippen LogP contribution in [0.3, 0.4) is 0 Å². The van der Waals surface area contributed by atoms with Gasteiger partial charge in [0.15, 0.2) is 6.10 Å². The van der Waals surface area contributed by atoms with E-state index in [2.05, 4.69) is 4.98 Å². The normalized spacial score (nSPS) is 15.3. The Morgan fingerprint density at radius 3 is 2.59 bits per heavy atom. The number of nitrogens with one attached hydrogen (secondary N) is 1. The number of aryl methyl sites for hydroxylation is 2. The van der Waals surface area contributed by atoms with Gasteiger partial charge >= 0.3 is 6.18 Å². The average molecular weight is 429 g/mol. The smallest absolute Gasteiger partial charge is 0.425 e. The lowest BCUT2D eigenvalue weighted by molar-refractivity contribution is -0.189. The van der Waals surface area contributed by atoms with E-state index in [0.717, 1.165) is 18.2 Å². The van der Waals surface area contributed by atoms with Crippen LogP contribution in [0.2, 0.25) is 5.02 Å². The van der Waals surface area contributed by atoms with Crippen LogP contribution in [0, 0.1) is 13.8 Å². The summed E-state index contributed by atoms with van der Waals surface area (Å²) in [5.41, 5.74) is 2.41. The highest BCUT2D eigenvalue weighted by Crippen LogP contribution is 2.36. The summed E-state index contributed by atoms with van der Waals surface area (Å²) in [4.78, 5) is 29.5. The van der Waals surface area contributed by atoms with Crippen molar-refractivity contribution in [1.82, 2.24) is 9.88 Å². The van der Waals surface area contributed by atoms with Crippen molar-refractivity contribution in [3.63, 3.8) is 0 Å². The van der Waals surface area contributed by atoms with Crippen LogP contribution in [-0.2, 0) is 13.0 Å². The maximum Gasteiger partial charge on any atom is 0.425 e. The summed E-state index contributed by atoms with van der Waals surface area (Å²) < 4.78 is 43.4. The Kier molecular flexibility index (Phi) is 5.67. The summed E-state index contributed by atoms with van der Waals surface area (Å²) in [7, 11) is 0. The number of rotatable bonds is 4. The number of aromatic amines is 1. The van der Waals surface area contributed by atoms with Crippen molar-refractivity contribution in [1.29, 1.82) is 0 Å². The SMILES string of the molecule is Cc1cc(C)c(CN2CCc3ccc(OC(C)C(F)(F)F)c(Cl)c3C2=O)c(=O)[nH]1. The Morgan fingerprint density at radius 1 is 1.28 bits per heavy atom. The van der Waals surface area contributed by atoms with E-state index in [1.807, 2.05) is 6.07 Å². The number of carbonyl (C=O) groups is 1. The van der Waals surface area contributed by atoms with Crippen LogP contribution in [-0.4, -0.2) is 34.6 Å². The number of hydrogen-bond donors (Lipinski definition) is 1. The molecule has 0 radical (unpaired) electrons. The van der Waals surface area contributed by atoms with Crippen molar-refractivity contribution in [2.75, 3.05) is 6.54 Å². The lowest BCUT2D eigenvalue weighted by Gasteiger charge is -2.30. The molecule has 1 unspecified atom stereocenters. The van der Waals surface area contributed by atoms with E-state index in [1.54, 1.807) is 19.9 Å². The van der Waals surface area contributed by atoms with Gasteiger partial charge in [-0.2, -0.15) is 13.2 Å². The number of carbonyl (C=O) groups excluding carboxylic acids is 1. The first-order chi connectivity index (χ1) is 13.5. The molecule has 2 aromatic rings. The maximum absolute atomic E-state index is 13.0. The number of pyridine rings is 1. The van der Waals surface area contributed by atoms with Gasteiger partial charge in [0, 0.05) is 17.8 Å². The predicted molar refractivity (Wildman–Crippen MR) is 103 cm³/mol. The fourth-order valence-electron chi connectivity index (χ4n) is 3.32. The third-order valence-electron chi connectivity index (χ3n) is 4.95. The topological polar surface area (TPSA) is 62.4 Å². The summed E-state index contributed by atoms with van der Waals surface area (Å²) in [6.45, 7) is 4.88. The first-order valence-electron chi connectivity index (χ1n) is 9.02. The van der Waals surface area contributed by atoms with Crippen molar-refractivity contribution in [2.45, 2.75) is 46.0 Å². The van der Waals surface area contributed by atoms with Crippen molar-refractivity contribution >= 4 is 17.5 Å². The Bertz CT molecular complexity index is 1020. The number of alkyl halides is 3. The highest BCUT2D eigenvalue weighted by molar-refractivity contribution is 6.35. The first-order valence-corrected chi connectivity index (χ1v) is 9.40. The molecule has 0 fully saturated rings. The first kappa shape index (κ1) is 21.2. The highest BCUT2D eigenvalue weighted by Gasteiger charge is 2.39. The number of fused-ring (bicyclic) bond motifs is 1. The van der Waals surface area contributed by atoms with Gasteiger partial charge in [0.25, 0.3) is 11.5 Å². The van der Waals surface area contributed by atoms with E-state index in [1.165, 1.54) is 11.0 Å². The van der Waals surface area contributed by atoms with Crippen LogP contribution < -0.4 is 10.3 Å². The van der Waals surface area contributed by atoms with Crippen LogP contribution in [0.1, 0.15) is 39.7 Å². The number of hydrogen-bond acceptors (Lipinski definition) is 3. The number of amides is 1. The van der Waals surface area contributed by atoms with Crippen LogP contribution in [0.5, 0.6) is 5.75 Å². The molecule has 1 N–H and O–H groups in total. The maximum atomic E-state index is 13.0. The van der Waals surface area contributed by atoms with Gasteiger partial charge in [-0.3, -0.25) is 9.59 Å². The lowest BCUT2D eigenvalue weighted by Crippen LogP contribution is -2.39. The minimum absolute atomic E-state index is 0.0834. The van der Waals surface area contributed by atoms with Crippen LogP contribution in [0.4, 0.5) is 13.2 Å². The molecule has 3 rings (SSSR count). The molecule has 29 heavy (non-hydrogen) atoms. The monoisotopic (exact) mass is 428 g/mol. The molecule has 2 heterocycles. The van der Waals surface area contributed by atoms with Gasteiger partial charge in [-0.15, -0.1) is 0 Å². The number of benzene rings is 1. The van der Waals surface area contributed by atoms with E-state index in [-0.39, 0.29) is 28.4 Å². The molecule has 1 atom stereocenters. The van der Waals surface area contributed by atoms with Gasteiger partial charge in [-0.1, -0.05) is 17.7 Å². The van der Waals surface area contributed by atoms with Crippen molar-refractivity contribution in [2.24, 2.45) is 0 Å². The lowest BCUT2D eigenvalue weighted by atomic mass is 9.97. The van der Waals surface area contributed by atoms with Gasteiger partial charge in [0.1, 0.15) is 5.75 Å². The second-order valence-corrected chi connectivity index (χ2v) is 7.51. The van der Waals surface area contributed by atoms with E-state index in [0.29, 0.717) is 24.1 Å². The summed E-state index contributed by atoms with van der Waals surface area (Å²) in [6.07, 6.45) is -6.15. The number of halogens is 4. The zero-order valence-corrected chi connectivity index (χ0v) is 16.9. The van der Waals surface area contributed by atoms with Crippen molar-refractivity contribution in [3.8, 4) is 5.75 Å². The van der Waals surface area contributed by atoms with Crippen molar-refractivity contribution in [3.05, 3.63) is 61.5 Å². The standard InChI is InChI=1S/C20H20ClF3N2O3/c1-10-8-11(2)25-18(27)14(10)9-26-7-6-13-4-5-15(17(21)16(13)19(26)28)29-12(3)20(22,23)24/h4-5,8,12H,6-7,9H2,1-3H3,(H,25,27). The van der Waals surface area contributed by atoms with Gasteiger partial charge < -0.3 is 14.6 Å². The quantitative estimate of drug-likeness (QED) is 0.795. The van der Waals surface area contributed by atoms with Gasteiger partial charge in [0.05, 0.1) is 17.1 Å². The molecule has 0 spiro atoms. The second kappa shape index (κ2) is 7.74. The van der Waals surface area contributed by atoms with Crippen molar-refractivity contribution < 1.29 is 22.7 Å². The van der Waals surface area contributed by atoms with Gasteiger partial charge in [-0.05, 0) is 50.5 Å². The zero-order valence-electron chi connectivity index (χ0n) is 16.1. The summed E-state index contributed by atoms with van der Waals surface area (Å²) in [6, 6.07) is 4.72. The van der Waals surface area contributed by atoms with Crippen LogP contribution in [0.25, 0.3) is 0 Å². The highest BCUT2D eigenvalue weighted by atomic mass is 35.5. The number of H-pyrrole nitrogens is 1. The zero-order chi connectivity index (χ0) is 21.5. The third-order valence-corrected chi connectivity index (χ3v) is 5.33. The molecule has 0 aliphatic carbocycles. The minimum atomic E-state index is -4.56. The molecule has 9 heteroatoms. The minimum Gasteiger partial charge on any atom is -0.480 e. The van der Waals surface area contributed by atoms with Gasteiger partial charge in [-0.25, -0.2) is 0 Å². The molecular formula is C20H20ClF3N2O3. The largest absolute Gasteiger partial charge is 0.480 e. The molecule has 0 bridgehead atoms. The third kappa shape index (κ3) is 4.27. The van der Waals surface area contributed by atoms with E-state index >= 15 is 0 Å². The summed E-state index contributed by atoms with van der Waals surface area (Å²) in [5, 5.41) is -0.150. The van der Waals surface area contributed by atoms with E-state index in [4.69, 9.17) is 16.3 Å². The number of nitrogens with zero attached hydrogens (tertiary/aromatic N) is 1. The molecule has 1 aliphatic heterocycles. The molecule has 1 aromatic heterocycles. The molecule has 156 valence electrons. The molecular weight excluding hydrogens is 409 g/mol. The Labute approximate surface area is 170 Å².